The van der Waals surface area contributed by atoms with Crippen molar-refractivity contribution in [2.75, 3.05) is 9.71 Å². The smallest absolute Gasteiger partial charge is 0.333 e. The Hall–Kier alpha value is -7.36. The van der Waals surface area contributed by atoms with Gasteiger partial charge in [0.15, 0.2) is 0 Å². The van der Waals surface area contributed by atoms with E-state index in [9.17, 15) is 0 Å². The van der Waals surface area contributed by atoms with E-state index >= 15 is 0 Å². The first-order chi connectivity index (χ1) is 28.7. The fourth-order valence-corrected chi connectivity index (χ4v) is 9.73. The van der Waals surface area contributed by atoms with E-state index in [2.05, 4.69) is 223 Å². The average Bonchev–Trinajstić information content (AvgIpc) is 3.28. The molecular weight excluding hydrogens is 699 g/mol. The summed E-state index contributed by atoms with van der Waals surface area (Å²) in [5, 5.41) is 7.47. The molecule has 12 rings (SSSR count). The molecule has 0 spiro atoms. The van der Waals surface area contributed by atoms with Crippen LogP contribution in [0.15, 0.2) is 206 Å². The molecule has 10 aromatic carbocycles. The fraction of sp³-hybridized carbons (Fsp3) is 0.0182. The van der Waals surface area contributed by atoms with Gasteiger partial charge >= 0.3 is 6.85 Å². The summed E-state index contributed by atoms with van der Waals surface area (Å²) in [7, 11) is 0. The van der Waals surface area contributed by atoms with Crippen LogP contribution in [0.3, 0.4) is 0 Å². The van der Waals surface area contributed by atoms with E-state index in [1.807, 2.05) is 0 Å². The lowest BCUT2D eigenvalue weighted by atomic mass is 9.43. The second kappa shape index (κ2) is 12.8. The number of nitrogens with zero attached hydrogens (tertiary/aromatic N) is 2. The second-order valence-electron chi connectivity index (χ2n) is 15.8. The highest BCUT2D eigenvalue weighted by molar-refractivity contribution is 6.94. The van der Waals surface area contributed by atoms with Crippen LogP contribution in [0.1, 0.15) is 5.56 Å². The van der Waals surface area contributed by atoms with Crippen molar-refractivity contribution < 1.29 is 0 Å². The van der Waals surface area contributed by atoms with Crippen molar-refractivity contribution in [1.29, 1.82) is 0 Å². The second-order valence-corrected chi connectivity index (χ2v) is 15.8. The van der Waals surface area contributed by atoms with Crippen molar-refractivity contribution in [3.05, 3.63) is 212 Å². The van der Waals surface area contributed by atoms with Crippen molar-refractivity contribution in [3.63, 3.8) is 0 Å². The minimum absolute atomic E-state index is 0.0979. The van der Waals surface area contributed by atoms with Crippen LogP contribution in [0.25, 0.3) is 65.7 Å². The molecule has 2 nitrogen and oxygen atoms in total. The van der Waals surface area contributed by atoms with Gasteiger partial charge in [0.1, 0.15) is 0 Å². The Bertz CT molecular complexity index is 3250. The third-order valence-electron chi connectivity index (χ3n) is 12.5. The van der Waals surface area contributed by atoms with E-state index in [-0.39, 0.29) is 6.85 Å². The molecule has 0 aromatic heterocycles. The Labute approximate surface area is 339 Å². The first-order valence-corrected chi connectivity index (χ1v) is 20.2. The maximum atomic E-state index is 2.63. The predicted octanol–water partition coefficient (Wildman–Crippen LogP) is 13.5. The van der Waals surface area contributed by atoms with Gasteiger partial charge in [-0.1, -0.05) is 164 Å². The summed E-state index contributed by atoms with van der Waals surface area (Å²) < 4.78 is 0. The van der Waals surface area contributed by atoms with Gasteiger partial charge in [0.2, 0.25) is 0 Å². The standard InChI is InChI=1S/C55H37BN2/c1-36-24-25-44(38-16-6-3-7-17-38)32-50(36)57-52-34-43-21-11-9-19-41(43)31-49(52)56-55-53(57)35-45-22-12-13-23-47(45)54(55)48-30-40-18-8-10-20-42(40)33-51(48)58(56)46-28-26-39(27-29-46)37-14-4-2-5-15-37/h2-35H,1H3. The van der Waals surface area contributed by atoms with Gasteiger partial charge in [-0.05, 0) is 126 Å². The zero-order chi connectivity index (χ0) is 38.3. The van der Waals surface area contributed by atoms with Gasteiger partial charge in [-0.25, -0.2) is 0 Å². The van der Waals surface area contributed by atoms with Gasteiger partial charge < -0.3 is 9.71 Å². The van der Waals surface area contributed by atoms with Gasteiger partial charge in [0, 0.05) is 34.0 Å². The van der Waals surface area contributed by atoms with E-state index in [4.69, 9.17) is 0 Å². The van der Waals surface area contributed by atoms with Crippen LogP contribution in [0.2, 0.25) is 0 Å². The first kappa shape index (κ1) is 32.8. The Morgan fingerprint density at radius 2 is 0.897 bits per heavy atom. The fourth-order valence-electron chi connectivity index (χ4n) is 9.73. The lowest BCUT2D eigenvalue weighted by Gasteiger charge is -2.46. The maximum absolute atomic E-state index is 2.63. The Morgan fingerprint density at radius 1 is 0.379 bits per heavy atom. The molecular formula is C55H37BN2. The molecule has 3 heteroatoms. The van der Waals surface area contributed by atoms with Crippen LogP contribution < -0.4 is 20.6 Å². The Balaban J connectivity index is 1.21. The van der Waals surface area contributed by atoms with Crippen molar-refractivity contribution in [1.82, 2.24) is 0 Å². The molecule has 0 radical (unpaired) electrons. The van der Waals surface area contributed by atoms with Gasteiger partial charge in [-0.15, -0.1) is 0 Å². The third-order valence-corrected chi connectivity index (χ3v) is 12.5. The van der Waals surface area contributed by atoms with Crippen LogP contribution >= 0.6 is 0 Å². The minimum Gasteiger partial charge on any atom is -0.376 e. The molecule has 10 aromatic rings. The molecule has 0 bridgehead atoms. The number of hydrogen-bond acceptors (Lipinski definition) is 2. The average molecular weight is 737 g/mol. The Kier molecular flexibility index (Phi) is 7.27. The zero-order valence-corrected chi connectivity index (χ0v) is 32.1. The topological polar surface area (TPSA) is 6.48 Å². The summed E-state index contributed by atoms with van der Waals surface area (Å²) >= 11 is 0. The van der Waals surface area contributed by atoms with Crippen LogP contribution in [-0.2, 0) is 0 Å². The quantitative estimate of drug-likeness (QED) is 0.166. The number of hydrogen-bond donors (Lipinski definition) is 0. The number of anilines is 5. The summed E-state index contributed by atoms with van der Waals surface area (Å²) in [5.41, 5.74) is 17.3. The van der Waals surface area contributed by atoms with Crippen molar-refractivity contribution in [2.24, 2.45) is 0 Å². The zero-order valence-electron chi connectivity index (χ0n) is 32.1. The van der Waals surface area contributed by atoms with E-state index in [0.717, 1.165) is 0 Å². The van der Waals surface area contributed by atoms with Crippen LogP contribution in [-0.4, -0.2) is 6.85 Å². The summed E-state index contributed by atoms with van der Waals surface area (Å²) in [6, 6.07) is 76.5. The molecule has 0 saturated carbocycles. The van der Waals surface area contributed by atoms with Gasteiger partial charge in [0.25, 0.3) is 0 Å². The van der Waals surface area contributed by atoms with E-state index in [0.29, 0.717) is 0 Å². The maximum Gasteiger partial charge on any atom is 0.333 e. The molecule has 0 atom stereocenters. The predicted molar refractivity (Wildman–Crippen MR) is 248 cm³/mol. The van der Waals surface area contributed by atoms with Crippen molar-refractivity contribution >= 4 is 78.5 Å². The van der Waals surface area contributed by atoms with Gasteiger partial charge in [0.05, 0.1) is 0 Å². The molecule has 0 saturated heterocycles. The normalized spacial score (nSPS) is 12.8. The van der Waals surface area contributed by atoms with Crippen LogP contribution in [0.5, 0.6) is 0 Å². The lowest BCUT2D eigenvalue weighted by Crippen LogP contribution is -2.61. The third kappa shape index (κ3) is 5.00. The summed E-state index contributed by atoms with van der Waals surface area (Å²) in [6.07, 6.45) is 0. The summed E-state index contributed by atoms with van der Waals surface area (Å²) in [4.78, 5) is 5.21. The molecule has 58 heavy (non-hydrogen) atoms. The van der Waals surface area contributed by atoms with Crippen LogP contribution in [0, 0.1) is 6.92 Å². The Morgan fingerprint density at radius 3 is 1.59 bits per heavy atom. The van der Waals surface area contributed by atoms with Crippen molar-refractivity contribution in [3.8, 4) is 33.4 Å². The highest BCUT2D eigenvalue weighted by Gasteiger charge is 2.46. The van der Waals surface area contributed by atoms with Gasteiger partial charge in [-0.2, -0.15) is 0 Å². The number of fused-ring (bicyclic) bond motifs is 8. The van der Waals surface area contributed by atoms with Gasteiger partial charge in [-0.3, -0.25) is 0 Å². The molecule has 270 valence electrons. The molecule has 2 aliphatic rings. The lowest BCUT2D eigenvalue weighted by molar-refractivity contribution is 1.25. The van der Waals surface area contributed by atoms with E-state index in [1.165, 1.54) is 111 Å². The number of rotatable bonds is 4. The van der Waals surface area contributed by atoms with E-state index in [1.54, 1.807) is 0 Å². The molecule has 0 fully saturated rings. The number of aryl methyl sites for hydroxylation is 1. The molecule has 0 amide bonds. The molecule has 2 aliphatic heterocycles. The van der Waals surface area contributed by atoms with Crippen molar-refractivity contribution in [2.45, 2.75) is 6.92 Å². The molecule has 0 N–H and O–H groups in total. The largest absolute Gasteiger partial charge is 0.376 e. The monoisotopic (exact) mass is 736 g/mol. The summed E-state index contributed by atoms with van der Waals surface area (Å²) in [6.45, 7) is 2.16. The number of benzene rings is 10. The highest BCUT2D eigenvalue weighted by Crippen LogP contribution is 2.51. The minimum atomic E-state index is -0.0979. The molecule has 2 heterocycles. The highest BCUT2D eigenvalue weighted by atomic mass is 15.2. The summed E-state index contributed by atoms with van der Waals surface area (Å²) in [5.74, 6) is 0. The molecule has 0 aliphatic carbocycles. The van der Waals surface area contributed by atoms with E-state index < -0.39 is 0 Å². The SMILES string of the molecule is Cc1ccc(-c2ccccc2)cc1N1c2cc3ccccc3cc2B2c3c1cc1ccccc1c3-c1cc3ccccc3cc1N2c1ccc(-c2ccccc2)cc1. The van der Waals surface area contributed by atoms with Crippen LogP contribution in [0.4, 0.5) is 28.4 Å². The first-order valence-electron chi connectivity index (χ1n) is 20.2. The molecule has 0 unspecified atom stereocenters.